The molecule has 0 aliphatic rings. The fraction of sp³-hybridized carbons (Fsp3) is 0. The van der Waals surface area contributed by atoms with Crippen LogP contribution in [0.5, 0.6) is 0 Å². The molecule has 0 aliphatic carbocycles. The van der Waals surface area contributed by atoms with Gasteiger partial charge < -0.3 is 5.73 Å². The fourth-order valence-corrected chi connectivity index (χ4v) is 1.06. The second kappa shape index (κ2) is 2.87. The van der Waals surface area contributed by atoms with E-state index < -0.39 is 4.92 Å². The number of hydrogen-bond donors (Lipinski definition) is 1. The molecule has 1 aromatic carbocycles. The number of hydrogen-bond acceptors (Lipinski definition) is 3. The number of halogens is 1. The average molecular weight is 217 g/mol. The molecule has 0 amide bonds. The van der Waals surface area contributed by atoms with Crippen LogP contribution in [-0.4, -0.2) is 4.92 Å². The van der Waals surface area contributed by atoms with Crippen molar-refractivity contribution < 1.29 is 4.92 Å². The van der Waals surface area contributed by atoms with E-state index >= 15 is 0 Å². The van der Waals surface area contributed by atoms with Gasteiger partial charge in [0.2, 0.25) is 0 Å². The van der Waals surface area contributed by atoms with Crippen molar-refractivity contribution in [3.8, 4) is 0 Å². The van der Waals surface area contributed by atoms with Gasteiger partial charge >= 0.3 is 0 Å². The molecule has 0 aliphatic heterocycles. The van der Waals surface area contributed by atoms with Crippen LogP contribution >= 0.6 is 15.9 Å². The van der Waals surface area contributed by atoms with Crippen LogP contribution in [0.2, 0.25) is 0 Å². The van der Waals surface area contributed by atoms with Gasteiger partial charge in [-0.05, 0) is 28.1 Å². The molecule has 1 rings (SSSR count). The Morgan fingerprint density at radius 2 is 2.18 bits per heavy atom. The number of rotatable bonds is 1. The predicted octanol–water partition coefficient (Wildman–Crippen LogP) is 1.94. The topological polar surface area (TPSA) is 69.2 Å². The molecule has 2 N–H and O–H groups in total. The van der Waals surface area contributed by atoms with Crippen LogP contribution in [0.1, 0.15) is 0 Å². The van der Waals surface area contributed by atoms with E-state index in [1.165, 1.54) is 6.07 Å². The monoisotopic (exact) mass is 216 g/mol. The first-order valence-electron chi connectivity index (χ1n) is 2.80. The van der Waals surface area contributed by atoms with Gasteiger partial charge in [0.1, 0.15) is 0 Å². The standard InChI is InChI=1S/C6H5BrN2O2/c7-5-2-1-4(8)3-6(5)9(10)11/h1-3H,8H2. The molecular weight excluding hydrogens is 212 g/mol. The molecule has 0 heterocycles. The van der Waals surface area contributed by atoms with Gasteiger partial charge in [0.05, 0.1) is 9.40 Å². The van der Waals surface area contributed by atoms with E-state index in [-0.39, 0.29) is 5.69 Å². The van der Waals surface area contributed by atoms with Crippen molar-refractivity contribution in [1.82, 2.24) is 0 Å². The second-order valence-electron chi connectivity index (χ2n) is 1.97. The molecule has 11 heavy (non-hydrogen) atoms. The molecule has 0 fully saturated rings. The van der Waals surface area contributed by atoms with Gasteiger partial charge in [0.25, 0.3) is 5.69 Å². The molecule has 0 saturated heterocycles. The van der Waals surface area contributed by atoms with Crippen molar-refractivity contribution in [2.45, 2.75) is 0 Å². The summed E-state index contributed by atoms with van der Waals surface area (Å²) in [6.45, 7) is 0. The zero-order chi connectivity index (χ0) is 8.43. The van der Waals surface area contributed by atoms with Crippen LogP contribution in [0.25, 0.3) is 0 Å². The van der Waals surface area contributed by atoms with E-state index in [9.17, 15) is 10.1 Å². The van der Waals surface area contributed by atoms with E-state index in [0.29, 0.717) is 10.2 Å². The summed E-state index contributed by atoms with van der Waals surface area (Å²) in [7, 11) is 0. The lowest BCUT2D eigenvalue weighted by molar-refractivity contribution is -0.385. The number of nitrogens with zero attached hydrogens (tertiary/aromatic N) is 1. The molecule has 0 bridgehead atoms. The number of nitrogen functional groups attached to an aromatic ring is 1. The molecule has 0 aromatic heterocycles. The summed E-state index contributed by atoms with van der Waals surface area (Å²) in [5, 5.41) is 10.3. The minimum Gasteiger partial charge on any atom is -0.399 e. The van der Waals surface area contributed by atoms with Crippen molar-refractivity contribution in [3.05, 3.63) is 32.8 Å². The summed E-state index contributed by atoms with van der Waals surface area (Å²) >= 11 is 3.03. The Morgan fingerprint density at radius 3 is 2.64 bits per heavy atom. The SMILES string of the molecule is Nc1ccc(Br)c([N+](=O)[O-])c1. The van der Waals surface area contributed by atoms with E-state index in [4.69, 9.17) is 5.73 Å². The summed E-state index contributed by atoms with van der Waals surface area (Å²) in [4.78, 5) is 9.81. The predicted molar refractivity (Wildman–Crippen MR) is 45.2 cm³/mol. The quantitative estimate of drug-likeness (QED) is 0.444. The third kappa shape index (κ3) is 1.68. The lowest BCUT2D eigenvalue weighted by atomic mass is 10.3. The number of benzene rings is 1. The molecule has 4 nitrogen and oxygen atoms in total. The minimum absolute atomic E-state index is 0.00926. The molecule has 1 aromatic rings. The zero-order valence-electron chi connectivity index (χ0n) is 5.45. The Morgan fingerprint density at radius 1 is 1.55 bits per heavy atom. The van der Waals surface area contributed by atoms with Gasteiger partial charge in [-0.1, -0.05) is 0 Å². The Kier molecular flexibility index (Phi) is 2.09. The molecule has 0 atom stereocenters. The van der Waals surface area contributed by atoms with Crippen LogP contribution in [0.3, 0.4) is 0 Å². The third-order valence-electron chi connectivity index (χ3n) is 1.17. The maximum absolute atomic E-state index is 10.3. The molecule has 58 valence electrons. The van der Waals surface area contributed by atoms with Gasteiger partial charge in [0, 0.05) is 11.8 Å². The van der Waals surface area contributed by atoms with Crippen molar-refractivity contribution >= 4 is 27.3 Å². The fourth-order valence-electron chi connectivity index (χ4n) is 0.670. The van der Waals surface area contributed by atoms with E-state index in [1.807, 2.05) is 0 Å². The van der Waals surface area contributed by atoms with Crippen LogP contribution in [-0.2, 0) is 0 Å². The average Bonchev–Trinajstić information content (AvgIpc) is 1.94. The summed E-state index contributed by atoms with van der Waals surface area (Å²) in [5.74, 6) is 0. The first kappa shape index (κ1) is 8.00. The Hall–Kier alpha value is -1.10. The first-order valence-corrected chi connectivity index (χ1v) is 3.60. The molecule has 0 unspecified atom stereocenters. The first-order chi connectivity index (χ1) is 5.11. The van der Waals surface area contributed by atoms with Gasteiger partial charge in [-0.3, -0.25) is 10.1 Å². The van der Waals surface area contributed by atoms with Crippen molar-refractivity contribution in [1.29, 1.82) is 0 Å². The van der Waals surface area contributed by atoms with Crippen LogP contribution in [0, 0.1) is 10.1 Å². The van der Waals surface area contributed by atoms with Gasteiger partial charge in [-0.2, -0.15) is 0 Å². The van der Waals surface area contributed by atoms with Crippen LogP contribution in [0.15, 0.2) is 22.7 Å². The van der Waals surface area contributed by atoms with Gasteiger partial charge in [-0.25, -0.2) is 0 Å². The van der Waals surface area contributed by atoms with Crippen LogP contribution < -0.4 is 5.73 Å². The number of nitro benzene ring substituents is 1. The maximum atomic E-state index is 10.3. The molecule has 0 radical (unpaired) electrons. The summed E-state index contributed by atoms with van der Waals surface area (Å²) < 4.78 is 0.441. The zero-order valence-corrected chi connectivity index (χ0v) is 7.04. The van der Waals surface area contributed by atoms with E-state index in [2.05, 4.69) is 15.9 Å². The van der Waals surface area contributed by atoms with Crippen LogP contribution in [0.4, 0.5) is 11.4 Å². The summed E-state index contributed by atoms with van der Waals surface area (Å²) in [5.41, 5.74) is 5.72. The maximum Gasteiger partial charge on any atom is 0.285 e. The Bertz CT molecular complexity index is 301. The summed E-state index contributed by atoms with van der Waals surface area (Å²) in [6, 6.07) is 4.45. The number of anilines is 1. The largest absolute Gasteiger partial charge is 0.399 e. The molecule has 5 heteroatoms. The molecular formula is C6H5BrN2O2. The summed E-state index contributed by atoms with van der Waals surface area (Å²) in [6.07, 6.45) is 0. The third-order valence-corrected chi connectivity index (χ3v) is 1.84. The highest BCUT2D eigenvalue weighted by Crippen LogP contribution is 2.26. The smallest absolute Gasteiger partial charge is 0.285 e. The van der Waals surface area contributed by atoms with Crippen molar-refractivity contribution in [3.63, 3.8) is 0 Å². The lowest BCUT2D eigenvalue weighted by Crippen LogP contribution is -1.91. The molecule has 0 saturated carbocycles. The Balaban J connectivity index is 3.23. The highest BCUT2D eigenvalue weighted by atomic mass is 79.9. The minimum atomic E-state index is -0.486. The highest BCUT2D eigenvalue weighted by molar-refractivity contribution is 9.10. The molecule has 0 spiro atoms. The van der Waals surface area contributed by atoms with Crippen molar-refractivity contribution in [2.24, 2.45) is 0 Å². The second-order valence-corrected chi connectivity index (χ2v) is 2.82. The van der Waals surface area contributed by atoms with Gasteiger partial charge in [-0.15, -0.1) is 0 Å². The van der Waals surface area contributed by atoms with Gasteiger partial charge in [0.15, 0.2) is 0 Å². The van der Waals surface area contributed by atoms with E-state index in [0.717, 1.165) is 0 Å². The van der Waals surface area contributed by atoms with Crippen molar-refractivity contribution in [2.75, 3.05) is 5.73 Å². The number of nitrogens with two attached hydrogens (primary N) is 1. The lowest BCUT2D eigenvalue weighted by Gasteiger charge is -1.95. The number of nitro groups is 1. The highest BCUT2D eigenvalue weighted by Gasteiger charge is 2.10. The van der Waals surface area contributed by atoms with E-state index in [1.54, 1.807) is 12.1 Å². The normalized spacial score (nSPS) is 9.55. The Labute approximate surface area is 71.3 Å².